The predicted molar refractivity (Wildman–Crippen MR) is 102 cm³/mol. The molecule has 3 rings (SSSR count). The lowest BCUT2D eigenvalue weighted by atomic mass is 10.2. The topological polar surface area (TPSA) is 133 Å². The minimum atomic E-state index is -0.280. The van der Waals surface area contributed by atoms with Crippen LogP contribution >= 0.6 is 0 Å². The number of para-hydroxylation sites is 2. The molecule has 9 nitrogen and oxygen atoms in total. The molecule has 2 aromatic heterocycles. The molecule has 140 valence electrons. The van der Waals surface area contributed by atoms with Gasteiger partial charge in [0.05, 0.1) is 11.0 Å². The molecule has 0 spiro atoms. The van der Waals surface area contributed by atoms with Gasteiger partial charge in [-0.2, -0.15) is 0 Å². The van der Waals surface area contributed by atoms with Gasteiger partial charge in [-0.05, 0) is 19.1 Å². The second kappa shape index (κ2) is 8.26. The van der Waals surface area contributed by atoms with Crippen molar-refractivity contribution in [2.75, 3.05) is 18.4 Å². The number of carbonyl (C=O) groups is 1. The Morgan fingerprint density at radius 1 is 1.11 bits per heavy atom. The zero-order valence-electron chi connectivity index (χ0n) is 14.8. The SMILES string of the molecule is Cc1cc(=O)[nH]c(NCCNC(=O)CCc2nc3ccccc3[nH]c2=O)n1. The summed E-state index contributed by atoms with van der Waals surface area (Å²) in [5, 5.41) is 5.68. The van der Waals surface area contributed by atoms with E-state index in [1.165, 1.54) is 6.07 Å². The summed E-state index contributed by atoms with van der Waals surface area (Å²) in [7, 11) is 0. The van der Waals surface area contributed by atoms with E-state index < -0.39 is 0 Å². The van der Waals surface area contributed by atoms with Crippen molar-refractivity contribution in [3.63, 3.8) is 0 Å². The molecule has 2 heterocycles. The molecule has 1 amide bonds. The number of aromatic nitrogens is 4. The number of aryl methyl sites for hydroxylation is 2. The van der Waals surface area contributed by atoms with E-state index >= 15 is 0 Å². The Morgan fingerprint density at radius 2 is 1.93 bits per heavy atom. The number of hydrogen-bond donors (Lipinski definition) is 4. The molecular formula is C18H20N6O3. The average Bonchev–Trinajstić information content (AvgIpc) is 2.63. The lowest BCUT2D eigenvalue weighted by molar-refractivity contribution is -0.120. The molecule has 4 N–H and O–H groups in total. The van der Waals surface area contributed by atoms with Gasteiger partial charge >= 0.3 is 0 Å². The third-order valence-corrected chi connectivity index (χ3v) is 3.87. The van der Waals surface area contributed by atoms with Gasteiger partial charge in [0.25, 0.3) is 11.1 Å². The van der Waals surface area contributed by atoms with Crippen LogP contribution in [0.15, 0.2) is 39.9 Å². The second-order valence-electron chi connectivity index (χ2n) is 6.04. The third kappa shape index (κ3) is 5.00. The van der Waals surface area contributed by atoms with Crippen molar-refractivity contribution in [3.8, 4) is 0 Å². The van der Waals surface area contributed by atoms with Crippen molar-refractivity contribution in [2.24, 2.45) is 0 Å². The zero-order valence-corrected chi connectivity index (χ0v) is 14.8. The predicted octanol–water partition coefficient (Wildman–Crippen LogP) is 0.476. The number of fused-ring (bicyclic) bond motifs is 1. The summed E-state index contributed by atoms with van der Waals surface area (Å²) in [6.45, 7) is 2.50. The van der Waals surface area contributed by atoms with Crippen molar-refractivity contribution in [1.82, 2.24) is 25.3 Å². The summed E-state index contributed by atoms with van der Waals surface area (Å²) < 4.78 is 0. The molecule has 27 heavy (non-hydrogen) atoms. The largest absolute Gasteiger partial charge is 0.354 e. The molecule has 9 heteroatoms. The van der Waals surface area contributed by atoms with Gasteiger partial charge in [0.2, 0.25) is 11.9 Å². The number of nitrogens with one attached hydrogen (secondary N) is 4. The highest BCUT2D eigenvalue weighted by atomic mass is 16.1. The highest BCUT2D eigenvalue weighted by molar-refractivity contribution is 5.76. The lowest BCUT2D eigenvalue weighted by Crippen LogP contribution is -2.30. The Bertz CT molecular complexity index is 1070. The fourth-order valence-corrected chi connectivity index (χ4v) is 2.60. The van der Waals surface area contributed by atoms with Gasteiger partial charge in [-0.15, -0.1) is 0 Å². The average molecular weight is 368 g/mol. The van der Waals surface area contributed by atoms with Gasteiger partial charge in [0.1, 0.15) is 5.69 Å². The van der Waals surface area contributed by atoms with E-state index in [0.717, 1.165) is 0 Å². The molecular weight excluding hydrogens is 348 g/mol. The van der Waals surface area contributed by atoms with E-state index in [9.17, 15) is 14.4 Å². The number of anilines is 1. The van der Waals surface area contributed by atoms with Crippen molar-refractivity contribution in [3.05, 3.63) is 62.4 Å². The summed E-state index contributed by atoms with van der Waals surface area (Å²) in [6.07, 6.45) is 0.417. The summed E-state index contributed by atoms with van der Waals surface area (Å²) in [5.41, 5.74) is 1.79. The van der Waals surface area contributed by atoms with Gasteiger partial charge in [-0.25, -0.2) is 9.97 Å². The van der Waals surface area contributed by atoms with Crippen LogP contribution in [0.3, 0.4) is 0 Å². The molecule has 0 bridgehead atoms. The summed E-state index contributed by atoms with van der Waals surface area (Å²) in [6, 6.07) is 8.65. The van der Waals surface area contributed by atoms with E-state index in [4.69, 9.17) is 0 Å². The highest BCUT2D eigenvalue weighted by Crippen LogP contribution is 2.06. The number of benzene rings is 1. The van der Waals surface area contributed by atoms with Crippen LogP contribution in [0.1, 0.15) is 17.8 Å². The molecule has 0 aliphatic rings. The van der Waals surface area contributed by atoms with Gasteiger partial charge in [0, 0.05) is 37.7 Å². The summed E-state index contributed by atoms with van der Waals surface area (Å²) in [5.74, 6) is 0.179. The van der Waals surface area contributed by atoms with E-state index in [1.807, 2.05) is 18.2 Å². The van der Waals surface area contributed by atoms with E-state index in [0.29, 0.717) is 41.5 Å². The highest BCUT2D eigenvalue weighted by Gasteiger charge is 2.08. The zero-order chi connectivity index (χ0) is 19.2. The Balaban J connectivity index is 1.46. The molecule has 0 radical (unpaired) electrons. The van der Waals surface area contributed by atoms with E-state index in [2.05, 4.69) is 30.6 Å². The van der Waals surface area contributed by atoms with Gasteiger partial charge < -0.3 is 15.6 Å². The van der Waals surface area contributed by atoms with Crippen LogP contribution in [-0.2, 0) is 11.2 Å². The summed E-state index contributed by atoms with van der Waals surface area (Å²) >= 11 is 0. The molecule has 0 saturated carbocycles. The Labute approximate surface area is 154 Å². The first-order valence-electron chi connectivity index (χ1n) is 8.58. The molecule has 0 aliphatic heterocycles. The number of amides is 1. The number of rotatable bonds is 7. The quantitative estimate of drug-likeness (QED) is 0.448. The molecule has 0 aliphatic carbocycles. The summed E-state index contributed by atoms with van der Waals surface area (Å²) in [4.78, 5) is 49.1. The minimum Gasteiger partial charge on any atom is -0.354 e. The third-order valence-electron chi connectivity index (χ3n) is 3.87. The number of nitrogens with zero attached hydrogens (tertiary/aromatic N) is 2. The van der Waals surface area contributed by atoms with Crippen LogP contribution in [0.4, 0.5) is 5.95 Å². The van der Waals surface area contributed by atoms with Gasteiger partial charge in [-0.3, -0.25) is 19.4 Å². The van der Waals surface area contributed by atoms with Crippen molar-refractivity contribution >= 4 is 22.9 Å². The maximum absolute atomic E-state index is 12.0. The normalized spacial score (nSPS) is 10.7. The molecule has 1 aromatic carbocycles. The minimum absolute atomic E-state index is 0.161. The fraction of sp³-hybridized carbons (Fsp3) is 0.278. The monoisotopic (exact) mass is 368 g/mol. The first-order valence-corrected chi connectivity index (χ1v) is 8.58. The number of carbonyl (C=O) groups excluding carboxylic acids is 1. The Kier molecular flexibility index (Phi) is 5.60. The maximum atomic E-state index is 12.0. The molecule has 0 atom stereocenters. The maximum Gasteiger partial charge on any atom is 0.270 e. The van der Waals surface area contributed by atoms with Gasteiger partial charge in [0.15, 0.2) is 0 Å². The van der Waals surface area contributed by atoms with Crippen molar-refractivity contribution in [2.45, 2.75) is 19.8 Å². The first-order chi connectivity index (χ1) is 13.0. The molecule has 3 aromatic rings. The number of aromatic amines is 2. The standard InChI is InChI=1S/C18H20N6O3/c1-11-10-16(26)24-18(21-11)20-9-8-19-15(25)7-6-14-17(27)23-13-5-3-2-4-12(13)22-14/h2-5,10H,6-9H2,1H3,(H,19,25)(H,23,27)(H2,20,21,24,26). The molecule has 0 fully saturated rings. The molecule has 0 saturated heterocycles. The van der Waals surface area contributed by atoms with Crippen LogP contribution in [0.25, 0.3) is 11.0 Å². The number of H-pyrrole nitrogens is 2. The van der Waals surface area contributed by atoms with Crippen LogP contribution in [0.5, 0.6) is 0 Å². The van der Waals surface area contributed by atoms with Crippen LogP contribution in [0, 0.1) is 6.92 Å². The van der Waals surface area contributed by atoms with Crippen LogP contribution < -0.4 is 21.8 Å². The number of hydrogen-bond acceptors (Lipinski definition) is 6. The lowest BCUT2D eigenvalue weighted by Gasteiger charge is -2.07. The first kappa shape index (κ1) is 18.3. The Hall–Kier alpha value is -3.49. The van der Waals surface area contributed by atoms with Crippen molar-refractivity contribution in [1.29, 1.82) is 0 Å². The Morgan fingerprint density at radius 3 is 2.74 bits per heavy atom. The van der Waals surface area contributed by atoms with Crippen LogP contribution in [-0.4, -0.2) is 38.9 Å². The molecule has 0 unspecified atom stereocenters. The van der Waals surface area contributed by atoms with Crippen LogP contribution in [0.2, 0.25) is 0 Å². The second-order valence-corrected chi connectivity index (χ2v) is 6.04. The fourth-order valence-electron chi connectivity index (χ4n) is 2.60. The van der Waals surface area contributed by atoms with E-state index in [-0.39, 0.29) is 29.9 Å². The van der Waals surface area contributed by atoms with Crippen molar-refractivity contribution < 1.29 is 4.79 Å². The van der Waals surface area contributed by atoms with E-state index in [1.54, 1.807) is 13.0 Å². The smallest absolute Gasteiger partial charge is 0.270 e. The van der Waals surface area contributed by atoms with Gasteiger partial charge in [-0.1, -0.05) is 12.1 Å².